The van der Waals surface area contributed by atoms with Crippen LogP contribution < -0.4 is 11.1 Å². The van der Waals surface area contributed by atoms with Gasteiger partial charge < -0.3 is 15.8 Å². The first-order valence-corrected chi connectivity index (χ1v) is 8.26. The van der Waals surface area contributed by atoms with E-state index in [-0.39, 0.29) is 12.0 Å². The smallest absolute Gasteiger partial charge is 0.233 e. The van der Waals surface area contributed by atoms with Crippen LogP contribution in [0.25, 0.3) is 0 Å². The molecule has 1 heterocycles. The van der Waals surface area contributed by atoms with E-state index >= 15 is 0 Å². The predicted molar refractivity (Wildman–Crippen MR) is 83.5 cm³/mol. The number of carbonyl (C=O) groups is 1. The molecule has 0 spiro atoms. The van der Waals surface area contributed by atoms with Gasteiger partial charge in [-0.25, -0.2) is 0 Å². The summed E-state index contributed by atoms with van der Waals surface area (Å²) in [5, 5.41) is 3.04. The van der Waals surface area contributed by atoms with E-state index in [0.717, 1.165) is 45.1 Å². The summed E-state index contributed by atoms with van der Waals surface area (Å²) in [4.78, 5) is 13.0. The second-order valence-electron chi connectivity index (χ2n) is 6.06. The van der Waals surface area contributed by atoms with Crippen molar-refractivity contribution in [3.8, 4) is 0 Å². The number of thiocarbonyl (C=S) groups is 1. The zero-order chi connectivity index (χ0) is 14.4. The Labute approximate surface area is 126 Å². The third-order valence-electron chi connectivity index (χ3n) is 4.63. The maximum atomic E-state index is 12.6. The molecule has 0 aromatic carbocycles. The second-order valence-corrected chi connectivity index (χ2v) is 6.50. The van der Waals surface area contributed by atoms with Gasteiger partial charge in [-0.1, -0.05) is 37.9 Å². The summed E-state index contributed by atoms with van der Waals surface area (Å²) < 4.78 is 5.65. The lowest BCUT2D eigenvalue weighted by molar-refractivity contribution is -0.129. The van der Waals surface area contributed by atoms with E-state index < -0.39 is 5.41 Å². The molecule has 0 aromatic rings. The summed E-state index contributed by atoms with van der Waals surface area (Å²) in [7, 11) is 0. The molecule has 0 aromatic heterocycles. The minimum absolute atomic E-state index is 0.0149. The van der Waals surface area contributed by atoms with Crippen molar-refractivity contribution in [1.29, 1.82) is 0 Å². The molecule has 2 fully saturated rings. The Bertz CT molecular complexity index is 346. The van der Waals surface area contributed by atoms with Crippen LogP contribution in [0.1, 0.15) is 57.8 Å². The molecular weight excluding hydrogens is 272 g/mol. The number of rotatable bonds is 4. The highest BCUT2D eigenvalue weighted by molar-refractivity contribution is 7.80. The minimum Gasteiger partial charge on any atom is -0.392 e. The van der Waals surface area contributed by atoms with Gasteiger partial charge in [-0.05, 0) is 32.1 Å². The number of nitrogens with one attached hydrogen (secondary N) is 1. The first kappa shape index (κ1) is 15.7. The van der Waals surface area contributed by atoms with Gasteiger partial charge in [0, 0.05) is 13.2 Å². The minimum atomic E-state index is -0.625. The molecule has 0 bridgehead atoms. The SMILES string of the molecule is NC(=S)C1(C(=O)NCC2CCCCO2)CCCCCC1. The quantitative estimate of drug-likeness (QED) is 0.617. The fourth-order valence-corrected chi connectivity index (χ4v) is 3.56. The van der Waals surface area contributed by atoms with Crippen LogP contribution >= 0.6 is 12.2 Å². The molecule has 1 saturated carbocycles. The van der Waals surface area contributed by atoms with Crippen LogP contribution in [0.5, 0.6) is 0 Å². The molecule has 1 amide bonds. The summed E-state index contributed by atoms with van der Waals surface area (Å²) in [5.41, 5.74) is 5.30. The maximum absolute atomic E-state index is 12.6. The van der Waals surface area contributed by atoms with Gasteiger partial charge in [-0.3, -0.25) is 4.79 Å². The van der Waals surface area contributed by atoms with Crippen molar-refractivity contribution in [3.05, 3.63) is 0 Å². The van der Waals surface area contributed by atoms with E-state index in [1.807, 2.05) is 0 Å². The van der Waals surface area contributed by atoms with Gasteiger partial charge >= 0.3 is 0 Å². The molecule has 5 heteroatoms. The Balaban J connectivity index is 1.94. The predicted octanol–water partition coefficient (Wildman–Crippen LogP) is 2.30. The van der Waals surface area contributed by atoms with Crippen molar-refractivity contribution in [2.45, 2.75) is 63.9 Å². The summed E-state index contributed by atoms with van der Waals surface area (Å²) in [6.07, 6.45) is 9.48. The van der Waals surface area contributed by atoms with Crippen LogP contribution in [0.4, 0.5) is 0 Å². The molecule has 3 N–H and O–H groups in total. The van der Waals surface area contributed by atoms with E-state index in [2.05, 4.69) is 5.32 Å². The molecule has 0 radical (unpaired) electrons. The number of hydrogen-bond donors (Lipinski definition) is 2. The van der Waals surface area contributed by atoms with Crippen LogP contribution in [0.15, 0.2) is 0 Å². The molecule has 1 aliphatic carbocycles. The molecule has 20 heavy (non-hydrogen) atoms. The van der Waals surface area contributed by atoms with Crippen LogP contribution in [-0.4, -0.2) is 30.2 Å². The van der Waals surface area contributed by atoms with E-state index in [0.29, 0.717) is 11.5 Å². The van der Waals surface area contributed by atoms with Crippen LogP contribution in [0, 0.1) is 5.41 Å². The zero-order valence-electron chi connectivity index (χ0n) is 12.2. The molecular formula is C15H26N2O2S. The Kier molecular flexibility index (Phi) is 5.78. The zero-order valence-corrected chi connectivity index (χ0v) is 13.0. The van der Waals surface area contributed by atoms with Crippen molar-refractivity contribution in [3.63, 3.8) is 0 Å². The summed E-state index contributed by atoms with van der Waals surface area (Å²) in [5.74, 6) is 0.0149. The monoisotopic (exact) mass is 298 g/mol. The van der Waals surface area contributed by atoms with Gasteiger partial charge in [0.2, 0.25) is 5.91 Å². The van der Waals surface area contributed by atoms with Crippen molar-refractivity contribution < 1.29 is 9.53 Å². The molecule has 1 atom stereocenters. The lowest BCUT2D eigenvalue weighted by atomic mass is 9.79. The number of carbonyl (C=O) groups excluding carboxylic acids is 1. The van der Waals surface area contributed by atoms with Crippen LogP contribution in [0.3, 0.4) is 0 Å². The highest BCUT2D eigenvalue weighted by Gasteiger charge is 2.41. The lowest BCUT2D eigenvalue weighted by Gasteiger charge is -2.31. The molecule has 1 aliphatic heterocycles. The standard InChI is InChI=1S/C15H26N2O2S/c16-13(20)15(8-4-1-2-5-9-15)14(18)17-11-12-7-3-6-10-19-12/h12H,1-11H2,(H2,16,20)(H,17,18). The Hall–Kier alpha value is -0.680. The van der Waals surface area contributed by atoms with Crippen molar-refractivity contribution in [2.75, 3.05) is 13.2 Å². The normalized spacial score (nSPS) is 26.5. The van der Waals surface area contributed by atoms with Gasteiger partial charge in [0.25, 0.3) is 0 Å². The Morgan fingerprint density at radius 2 is 1.90 bits per heavy atom. The number of nitrogens with two attached hydrogens (primary N) is 1. The van der Waals surface area contributed by atoms with Crippen molar-refractivity contribution in [2.24, 2.45) is 11.1 Å². The second kappa shape index (κ2) is 7.36. The highest BCUT2D eigenvalue weighted by Crippen LogP contribution is 2.35. The van der Waals surface area contributed by atoms with Crippen LogP contribution in [-0.2, 0) is 9.53 Å². The molecule has 1 unspecified atom stereocenters. The molecule has 114 valence electrons. The van der Waals surface area contributed by atoms with Gasteiger partial charge in [0.1, 0.15) is 0 Å². The van der Waals surface area contributed by atoms with Gasteiger partial charge in [-0.2, -0.15) is 0 Å². The summed E-state index contributed by atoms with van der Waals surface area (Å²) >= 11 is 5.22. The third-order valence-corrected chi connectivity index (χ3v) is 5.02. The van der Waals surface area contributed by atoms with Crippen molar-refractivity contribution in [1.82, 2.24) is 5.32 Å². The van der Waals surface area contributed by atoms with E-state index in [9.17, 15) is 4.79 Å². The van der Waals surface area contributed by atoms with Gasteiger partial charge in [0.15, 0.2) is 0 Å². The van der Waals surface area contributed by atoms with Gasteiger partial charge in [0.05, 0.1) is 16.5 Å². The van der Waals surface area contributed by atoms with E-state index in [4.69, 9.17) is 22.7 Å². The Morgan fingerprint density at radius 3 is 2.45 bits per heavy atom. The summed E-state index contributed by atoms with van der Waals surface area (Å²) in [6, 6.07) is 0. The average Bonchev–Trinajstić information content (AvgIpc) is 2.72. The largest absolute Gasteiger partial charge is 0.392 e. The topological polar surface area (TPSA) is 64.4 Å². The number of ether oxygens (including phenoxy) is 1. The highest BCUT2D eigenvalue weighted by atomic mass is 32.1. The Morgan fingerprint density at radius 1 is 1.20 bits per heavy atom. The molecule has 2 aliphatic rings. The molecule has 2 rings (SSSR count). The first-order valence-electron chi connectivity index (χ1n) is 7.85. The average molecular weight is 298 g/mol. The van der Waals surface area contributed by atoms with Crippen LogP contribution in [0.2, 0.25) is 0 Å². The molecule has 1 saturated heterocycles. The summed E-state index contributed by atoms with van der Waals surface area (Å²) in [6.45, 7) is 1.39. The third kappa shape index (κ3) is 3.70. The molecule has 4 nitrogen and oxygen atoms in total. The maximum Gasteiger partial charge on any atom is 0.233 e. The number of hydrogen-bond acceptors (Lipinski definition) is 3. The van der Waals surface area contributed by atoms with Crippen molar-refractivity contribution >= 4 is 23.1 Å². The fraction of sp³-hybridized carbons (Fsp3) is 0.867. The lowest BCUT2D eigenvalue weighted by Crippen LogP contribution is -2.50. The first-order chi connectivity index (χ1) is 9.65. The fourth-order valence-electron chi connectivity index (χ4n) is 3.26. The number of amides is 1. The van der Waals surface area contributed by atoms with Gasteiger partial charge in [-0.15, -0.1) is 0 Å². The van der Waals surface area contributed by atoms with E-state index in [1.54, 1.807) is 0 Å². The van der Waals surface area contributed by atoms with E-state index in [1.165, 1.54) is 19.3 Å².